The van der Waals surface area contributed by atoms with Gasteiger partial charge < -0.3 is 9.72 Å². The molecule has 0 aliphatic rings. The van der Waals surface area contributed by atoms with E-state index in [-0.39, 0.29) is 5.75 Å². The lowest BCUT2D eigenvalue weighted by Crippen LogP contribution is -2.04. The van der Waals surface area contributed by atoms with Crippen LogP contribution in [-0.4, -0.2) is 26.4 Å². The molecule has 0 bridgehead atoms. The number of aryl methyl sites for hydroxylation is 2. The van der Waals surface area contributed by atoms with Gasteiger partial charge in [0.15, 0.2) is 22.0 Å². The van der Waals surface area contributed by atoms with Crippen LogP contribution in [0.25, 0.3) is 16.9 Å². The fraction of sp³-hybridized carbons (Fsp3) is 0.286. The molecule has 0 radical (unpaired) electrons. The molecule has 0 spiro atoms. The first-order chi connectivity index (χ1) is 10.1. The van der Waals surface area contributed by atoms with Crippen molar-refractivity contribution >= 4 is 23.4 Å². The molecule has 0 fully saturated rings. The predicted molar refractivity (Wildman–Crippen MR) is 81.2 cm³/mol. The third-order valence-electron chi connectivity index (χ3n) is 3.44. The van der Waals surface area contributed by atoms with E-state index in [1.54, 1.807) is 12.1 Å². The number of benzene rings is 1. The van der Waals surface area contributed by atoms with E-state index >= 15 is 0 Å². The van der Waals surface area contributed by atoms with Crippen LogP contribution < -0.4 is 4.74 Å². The number of H-pyrrole nitrogens is 1. The summed E-state index contributed by atoms with van der Waals surface area (Å²) in [6.07, 6.45) is 0. The number of rotatable bonds is 3. The van der Waals surface area contributed by atoms with Gasteiger partial charge in [0.2, 0.25) is 0 Å². The van der Waals surface area contributed by atoms with Crippen molar-refractivity contribution in [1.82, 2.24) is 19.3 Å². The van der Waals surface area contributed by atoms with Crippen molar-refractivity contribution in [3.63, 3.8) is 0 Å². The number of methoxy groups -OCH3 is 1. The first kappa shape index (κ1) is 13.8. The molecule has 0 unspecified atom stereocenters. The Kier molecular flexibility index (Phi) is 3.29. The number of halogens is 1. The summed E-state index contributed by atoms with van der Waals surface area (Å²) in [5.41, 5.74) is 3.38. The lowest BCUT2D eigenvalue weighted by molar-refractivity contribution is 0.386. The van der Waals surface area contributed by atoms with Crippen molar-refractivity contribution in [2.45, 2.75) is 20.4 Å². The number of ether oxygens (including phenoxy) is 1. The second kappa shape index (κ2) is 5.00. The highest BCUT2D eigenvalue weighted by Gasteiger charge is 2.16. The van der Waals surface area contributed by atoms with Gasteiger partial charge >= 0.3 is 0 Å². The van der Waals surface area contributed by atoms with Gasteiger partial charge in [-0.25, -0.2) is 9.07 Å². The molecule has 7 heteroatoms. The summed E-state index contributed by atoms with van der Waals surface area (Å²) in [7, 11) is 1.44. The zero-order chi connectivity index (χ0) is 15.1. The Morgan fingerprint density at radius 3 is 2.86 bits per heavy atom. The number of hydrogen-bond acceptors (Lipinski definition) is 3. The zero-order valence-corrected chi connectivity index (χ0v) is 12.8. The van der Waals surface area contributed by atoms with E-state index in [2.05, 4.69) is 10.1 Å². The Hall–Kier alpha value is -2.15. The van der Waals surface area contributed by atoms with Gasteiger partial charge in [0.1, 0.15) is 5.52 Å². The van der Waals surface area contributed by atoms with Crippen LogP contribution >= 0.6 is 12.2 Å². The summed E-state index contributed by atoms with van der Waals surface area (Å²) in [6.45, 7) is 4.65. The van der Waals surface area contributed by atoms with E-state index < -0.39 is 5.82 Å². The second-order valence-electron chi connectivity index (χ2n) is 4.68. The molecule has 3 aromatic rings. The summed E-state index contributed by atoms with van der Waals surface area (Å²) in [5.74, 6) is -0.220. The SMILES string of the molecule is CCn1nc(C)c2[nH]c(=S)n(-c3ccc(F)c(OC)c3)c21. The summed E-state index contributed by atoms with van der Waals surface area (Å²) in [4.78, 5) is 3.16. The normalized spacial score (nSPS) is 11.2. The lowest BCUT2D eigenvalue weighted by atomic mass is 10.3. The average Bonchev–Trinajstić information content (AvgIpc) is 2.96. The molecule has 21 heavy (non-hydrogen) atoms. The maximum Gasteiger partial charge on any atom is 0.184 e. The highest BCUT2D eigenvalue weighted by molar-refractivity contribution is 7.71. The summed E-state index contributed by atoms with van der Waals surface area (Å²) >= 11 is 5.40. The molecule has 110 valence electrons. The van der Waals surface area contributed by atoms with Gasteiger partial charge in [0.05, 0.1) is 18.5 Å². The number of hydrogen-bond donors (Lipinski definition) is 1. The number of aromatic nitrogens is 4. The second-order valence-corrected chi connectivity index (χ2v) is 5.07. The van der Waals surface area contributed by atoms with E-state index in [0.717, 1.165) is 29.1 Å². The van der Waals surface area contributed by atoms with Gasteiger partial charge in [-0.3, -0.25) is 4.57 Å². The van der Waals surface area contributed by atoms with Crippen molar-refractivity contribution < 1.29 is 9.13 Å². The third-order valence-corrected chi connectivity index (χ3v) is 3.72. The van der Waals surface area contributed by atoms with E-state index in [4.69, 9.17) is 17.0 Å². The molecule has 0 aliphatic carbocycles. The molecular formula is C14H15FN4OS. The van der Waals surface area contributed by atoms with Gasteiger partial charge in [-0.2, -0.15) is 5.10 Å². The van der Waals surface area contributed by atoms with Gasteiger partial charge in [0, 0.05) is 12.6 Å². The van der Waals surface area contributed by atoms with Crippen LogP contribution in [0.2, 0.25) is 0 Å². The Morgan fingerprint density at radius 1 is 1.43 bits per heavy atom. The van der Waals surface area contributed by atoms with Crippen LogP contribution in [0.15, 0.2) is 18.2 Å². The Balaban J connectivity index is 2.34. The molecular weight excluding hydrogens is 291 g/mol. The molecule has 0 saturated carbocycles. The quantitative estimate of drug-likeness (QED) is 0.755. The number of aromatic amines is 1. The fourth-order valence-electron chi connectivity index (χ4n) is 2.45. The Labute approximate surface area is 126 Å². The molecule has 0 aliphatic heterocycles. The van der Waals surface area contributed by atoms with Crippen molar-refractivity contribution in [1.29, 1.82) is 0 Å². The van der Waals surface area contributed by atoms with Gasteiger partial charge in [0.25, 0.3) is 0 Å². The summed E-state index contributed by atoms with van der Waals surface area (Å²) in [6, 6.07) is 4.66. The molecule has 0 atom stereocenters. The first-order valence-electron chi connectivity index (χ1n) is 6.58. The Bertz CT molecular complexity index is 877. The molecule has 2 heterocycles. The van der Waals surface area contributed by atoms with E-state index in [0.29, 0.717) is 4.77 Å². The van der Waals surface area contributed by atoms with Crippen molar-refractivity contribution in [3.05, 3.63) is 34.5 Å². The monoisotopic (exact) mass is 306 g/mol. The first-order valence-corrected chi connectivity index (χ1v) is 6.99. The molecule has 1 N–H and O–H groups in total. The van der Waals surface area contributed by atoms with Crippen LogP contribution in [-0.2, 0) is 6.54 Å². The minimum absolute atomic E-state index is 0.183. The van der Waals surface area contributed by atoms with Crippen molar-refractivity contribution in [2.75, 3.05) is 7.11 Å². The maximum atomic E-state index is 13.6. The van der Waals surface area contributed by atoms with Crippen molar-refractivity contribution in [3.8, 4) is 11.4 Å². The molecule has 2 aromatic heterocycles. The van der Waals surface area contributed by atoms with Crippen LogP contribution in [0.3, 0.4) is 0 Å². The maximum absolute atomic E-state index is 13.6. The van der Waals surface area contributed by atoms with E-state index in [9.17, 15) is 4.39 Å². The van der Waals surface area contributed by atoms with Gasteiger partial charge in [-0.1, -0.05) is 0 Å². The van der Waals surface area contributed by atoms with Crippen molar-refractivity contribution in [2.24, 2.45) is 0 Å². The molecule has 3 rings (SSSR count). The largest absolute Gasteiger partial charge is 0.494 e. The number of nitrogens with zero attached hydrogens (tertiary/aromatic N) is 3. The lowest BCUT2D eigenvalue weighted by Gasteiger charge is -2.08. The van der Waals surface area contributed by atoms with Gasteiger partial charge in [-0.05, 0) is 38.2 Å². The molecule has 5 nitrogen and oxygen atoms in total. The highest BCUT2D eigenvalue weighted by Crippen LogP contribution is 2.26. The van der Waals surface area contributed by atoms with Crippen LogP contribution in [0.1, 0.15) is 12.6 Å². The zero-order valence-electron chi connectivity index (χ0n) is 12.0. The highest BCUT2D eigenvalue weighted by atomic mass is 32.1. The average molecular weight is 306 g/mol. The Morgan fingerprint density at radius 2 is 2.19 bits per heavy atom. The van der Waals surface area contributed by atoms with Crippen LogP contribution in [0, 0.1) is 17.5 Å². The number of fused-ring (bicyclic) bond motifs is 1. The van der Waals surface area contributed by atoms with E-state index in [1.807, 2.05) is 23.1 Å². The molecule has 1 aromatic carbocycles. The molecule has 0 saturated heterocycles. The minimum Gasteiger partial charge on any atom is -0.494 e. The smallest absolute Gasteiger partial charge is 0.184 e. The number of nitrogens with one attached hydrogen (secondary N) is 1. The minimum atomic E-state index is -0.403. The fourth-order valence-corrected chi connectivity index (χ4v) is 2.74. The summed E-state index contributed by atoms with van der Waals surface area (Å²) in [5, 5.41) is 4.47. The topological polar surface area (TPSA) is 47.8 Å². The predicted octanol–water partition coefficient (Wildman–Crippen LogP) is 3.36. The van der Waals surface area contributed by atoms with Crippen LogP contribution in [0.5, 0.6) is 5.75 Å². The third kappa shape index (κ3) is 2.04. The summed E-state index contributed by atoms with van der Waals surface area (Å²) < 4.78 is 22.9. The standard InChI is InChI=1S/C14H15FN4OS/c1-4-18-13-12(8(2)17-18)16-14(21)19(13)9-5-6-10(15)11(7-9)20-3/h5-7H,4H2,1-3H3,(H,16,21). The van der Waals surface area contributed by atoms with Crippen LogP contribution in [0.4, 0.5) is 4.39 Å². The molecule has 0 amide bonds. The number of imidazole rings is 1. The van der Waals surface area contributed by atoms with Gasteiger partial charge in [-0.15, -0.1) is 0 Å². The van der Waals surface area contributed by atoms with E-state index in [1.165, 1.54) is 13.2 Å².